The zero-order chi connectivity index (χ0) is 10.0. The summed E-state index contributed by atoms with van der Waals surface area (Å²) in [6.45, 7) is 0. The van der Waals surface area contributed by atoms with E-state index in [1.165, 1.54) is 12.1 Å². The predicted octanol–water partition coefficient (Wildman–Crippen LogP) is 2.75. The second-order valence-electron chi connectivity index (χ2n) is 2.39. The summed E-state index contributed by atoms with van der Waals surface area (Å²) in [6, 6.07) is 2.86. The van der Waals surface area contributed by atoms with Crippen LogP contribution in [0.1, 0.15) is 10.4 Å². The Balaban J connectivity index is 3.26. The molecule has 1 aromatic carbocycles. The monoisotopic (exact) mass is 309 g/mol. The van der Waals surface area contributed by atoms with Crippen molar-refractivity contribution in [2.45, 2.75) is 0 Å². The molecule has 2 N–H and O–H groups in total. The number of ketones is 1. The highest BCUT2D eigenvalue weighted by atomic mass is 79.9. The maximum Gasteiger partial charge on any atom is 0.174 e. The third-order valence-electron chi connectivity index (χ3n) is 1.53. The molecule has 0 spiro atoms. The van der Waals surface area contributed by atoms with Gasteiger partial charge in [-0.05, 0) is 28.1 Å². The molecule has 1 aromatic rings. The average molecular weight is 311 g/mol. The van der Waals surface area contributed by atoms with Gasteiger partial charge in [0.25, 0.3) is 0 Å². The van der Waals surface area contributed by atoms with Crippen molar-refractivity contribution in [3.63, 3.8) is 0 Å². The summed E-state index contributed by atoms with van der Waals surface area (Å²) in [5.74, 6) is -0.780. The van der Waals surface area contributed by atoms with Crippen molar-refractivity contribution in [3.05, 3.63) is 28.0 Å². The van der Waals surface area contributed by atoms with Crippen LogP contribution in [0.4, 0.5) is 10.1 Å². The summed E-state index contributed by atoms with van der Waals surface area (Å²) >= 11 is 5.98. The minimum absolute atomic E-state index is 0.0259. The van der Waals surface area contributed by atoms with Crippen molar-refractivity contribution < 1.29 is 9.18 Å². The van der Waals surface area contributed by atoms with Gasteiger partial charge in [0.2, 0.25) is 0 Å². The highest BCUT2D eigenvalue weighted by Gasteiger charge is 2.13. The van der Waals surface area contributed by atoms with Gasteiger partial charge in [-0.2, -0.15) is 0 Å². The van der Waals surface area contributed by atoms with Crippen LogP contribution >= 0.6 is 31.9 Å². The number of benzene rings is 1. The molecule has 70 valence electrons. The lowest BCUT2D eigenvalue weighted by molar-refractivity contribution is 0.102. The predicted molar refractivity (Wildman–Crippen MR) is 56.6 cm³/mol. The topological polar surface area (TPSA) is 43.1 Å². The molecule has 2 nitrogen and oxygen atoms in total. The molecule has 0 aliphatic carbocycles. The summed E-state index contributed by atoms with van der Waals surface area (Å²) in [7, 11) is 0. The summed E-state index contributed by atoms with van der Waals surface area (Å²) in [4.78, 5) is 11.2. The van der Waals surface area contributed by atoms with Gasteiger partial charge in [-0.25, -0.2) is 4.39 Å². The lowest BCUT2D eigenvalue weighted by atomic mass is 10.1. The van der Waals surface area contributed by atoms with E-state index in [1.54, 1.807) is 0 Å². The minimum atomic E-state index is -0.591. The van der Waals surface area contributed by atoms with E-state index in [0.29, 0.717) is 5.56 Å². The van der Waals surface area contributed by atoms with Gasteiger partial charge in [0.1, 0.15) is 0 Å². The van der Waals surface area contributed by atoms with Crippen molar-refractivity contribution in [1.29, 1.82) is 0 Å². The van der Waals surface area contributed by atoms with Crippen LogP contribution in [0.15, 0.2) is 16.6 Å². The number of rotatable bonds is 2. The Labute approximate surface area is 91.6 Å². The zero-order valence-electron chi connectivity index (χ0n) is 6.48. The quantitative estimate of drug-likeness (QED) is 0.518. The molecule has 0 atom stereocenters. The van der Waals surface area contributed by atoms with E-state index in [1.807, 2.05) is 0 Å². The Hall–Kier alpha value is -0.420. The van der Waals surface area contributed by atoms with Crippen LogP contribution < -0.4 is 5.73 Å². The van der Waals surface area contributed by atoms with Crippen molar-refractivity contribution in [1.82, 2.24) is 0 Å². The van der Waals surface area contributed by atoms with Gasteiger partial charge in [-0.15, -0.1) is 0 Å². The van der Waals surface area contributed by atoms with Crippen LogP contribution in [0.5, 0.6) is 0 Å². The third-order valence-corrected chi connectivity index (χ3v) is 2.82. The molecule has 0 aliphatic rings. The molecule has 0 radical (unpaired) electrons. The van der Waals surface area contributed by atoms with Gasteiger partial charge in [-0.1, -0.05) is 15.9 Å². The fraction of sp³-hybridized carbons (Fsp3) is 0.125. The molecular formula is C8H6Br2FNO. The van der Waals surface area contributed by atoms with Crippen LogP contribution in [0.3, 0.4) is 0 Å². The fourth-order valence-corrected chi connectivity index (χ4v) is 1.74. The lowest BCUT2D eigenvalue weighted by Gasteiger charge is -2.04. The first-order valence-corrected chi connectivity index (χ1v) is 5.32. The summed E-state index contributed by atoms with van der Waals surface area (Å²) in [6.07, 6.45) is 0. The molecule has 0 heterocycles. The minimum Gasteiger partial charge on any atom is -0.396 e. The number of anilines is 1. The van der Waals surface area contributed by atoms with E-state index in [2.05, 4.69) is 31.9 Å². The Kier molecular flexibility index (Phi) is 3.44. The molecule has 0 aromatic heterocycles. The van der Waals surface area contributed by atoms with Gasteiger partial charge in [0.15, 0.2) is 11.6 Å². The normalized spacial score (nSPS) is 10.1. The smallest absolute Gasteiger partial charge is 0.174 e. The van der Waals surface area contributed by atoms with Crippen LogP contribution in [-0.2, 0) is 0 Å². The van der Waals surface area contributed by atoms with Gasteiger partial charge < -0.3 is 5.73 Å². The number of carbonyl (C=O) groups is 1. The number of Topliss-reactive ketones (excluding diaryl/α,β-unsaturated/α-hetero) is 1. The van der Waals surface area contributed by atoms with Crippen molar-refractivity contribution in [3.8, 4) is 0 Å². The summed E-state index contributed by atoms with van der Waals surface area (Å²) < 4.78 is 13.3. The molecular weight excluding hydrogens is 305 g/mol. The van der Waals surface area contributed by atoms with Gasteiger partial charge in [0.05, 0.1) is 15.5 Å². The molecule has 5 heteroatoms. The first kappa shape index (κ1) is 10.7. The number of carbonyl (C=O) groups excluding carboxylic acids is 1. The molecule has 0 aliphatic heterocycles. The zero-order valence-corrected chi connectivity index (χ0v) is 9.65. The van der Waals surface area contributed by atoms with E-state index >= 15 is 0 Å². The highest BCUT2D eigenvalue weighted by molar-refractivity contribution is 9.10. The molecule has 0 saturated carbocycles. The first-order valence-electron chi connectivity index (χ1n) is 3.40. The van der Waals surface area contributed by atoms with E-state index in [0.717, 1.165) is 0 Å². The number of hydrogen-bond donors (Lipinski definition) is 1. The Morgan fingerprint density at radius 2 is 2.15 bits per heavy atom. The lowest BCUT2D eigenvalue weighted by Crippen LogP contribution is -2.04. The van der Waals surface area contributed by atoms with Crippen LogP contribution in [-0.4, -0.2) is 11.1 Å². The number of hydrogen-bond acceptors (Lipinski definition) is 2. The van der Waals surface area contributed by atoms with Crippen LogP contribution in [0.25, 0.3) is 0 Å². The second-order valence-corrected chi connectivity index (χ2v) is 3.74. The number of halogens is 3. The highest BCUT2D eigenvalue weighted by Crippen LogP contribution is 2.25. The molecule has 0 fully saturated rings. The third kappa shape index (κ3) is 2.08. The number of alkyl halides is 1. The van der Waals surface area contributed by atoms with Gasteiger partial charge in [0, 0.05) is 5.56 Å². The summed E-state index contributed by atoms with van der Waals surface area (Å²) in [5.41, 5.74) is 5.62. The largest absolute Gasteiger partial charge is 0.396 e. The van der Waals surface area contributed by atoms with E-state index < -0.39 is 5.82 Å². The Bertz CT molecular complexity index is 354. The Morgan fingerprint density at radius 3 is 2.69 bits per heavy atom. The SMILES string of the molecule is Nc1ccc(C(=O)CBr)c(Br)c1F. The molecule has 0 bridgehead atoms. The molecule has 0 amide bonds. The van der Waals surface area contributed by atoms with Gasteiger partial charge in [-0.3, -0.25) is 4.79 Å². The number of nitrogen functional groups attached to an aromatic ring is 1. The molecule has 0 unspecified atom stereocenters. The van der Waals surface area contributed by atoms with Crippen molar-refractivity contribution >= 4 is 43.3 Å². The van der Waals surface area contributed by atoms with Crippen molar-refractivity contribution in [2.24, 2.45) is 0 Å². The summed E-state index contributed by atoms with van der Waals surface area (Å²) in [5, 5.41) is 0.162. The van der Waals surface area contributed by atoms with Crippen molar-refractivity contribution in [2.75, 3.05) is 11.1 Å². The Morgan fingerprint density at radius 1 is 1.54 bits per heavy atom. The van der Waals surface area contributed by atoms with E-state index in [9.17, 15) is 9.18 Å². The molecule has 1 rings (SSSR count). The second kappa shape index (κ2) is 4.19. The number of nitrogens with two attached hydrogens (primary N) is 1. The fourth-order valence-electron chi connectivity index (χ4n) is 0.852. The maximum absolute atomic E-state index is 13.1. The molecule has 0 saturated heterocycles. The van der Waals surface area contributed by atoms with E-state index in [4.69, 9.17) is 5.73 Å². The first-order chi connectivity index (χ1) is 6.07. The van der Waals surface area contributed by atoms with E-state index in [-0.39, 0.29) is 21.3 Å². The van der Waals surface area contributed by atoms with Crippen LogP contribution in [0, 0.1) is 5.82 Å². The van der Waals surface area contributed by atoms with Crippen LogP contribution in [0.2, 0.25) is 0 Å². The maximum atomic E-state index is 13.1. The van der Waals surface area contributed by atoms with Gasteiger partial charge >= 0.3 is 0 Å². The average Bonchev–Trinajstić information content (AvgIpc) is 2.13. The molecule has 13 heavy (non-hydrogen) atoms. The standard InChI is InChI=1S/C8H6Br2FNO/c9-3-6(13)4-1-2-5(12)8(11)7(4)10/h1-2H,3,12H2.